The summed E-state index contributed by atoms with van der Waals surface area (Å²) < 4.78 is 17.0. The molecule has 2 N–H and O–H groups in total. The van der Waals surface area contributed by atoms with Gasteiger partial charge >= 0.3 is 5.97 Å². The molecular weight excluding hydrogens is 861 g/mol. The molecule has 2 fully saturated rings. The highest BCUT2D eigenvalue weighted by Crippen LogP contribution is 2.32. The van der Waals surface area contributed by atoms with Gasteiger partial charge in [0.05, 0.1) is 43.7 Å². The summed E-state index contributed by atoms with van der Waals surface area (Å²) in [5.41, 5.74) is -0.315. The number of methoxy groups -OCH3 is 3. The number of benzene rings is 1. The maximum Gasteiger partial charge on any atom is 0.328 e. The predicted octanol–water partition coefficient (Wildman–Crippen LogP) is 3.81. The van der Waals surface area contributed by atoms with Crippen molar-refractivity contribution in [2.24, 2.45) is 17.8 Å². The number of carbonyl (C=O) groups excluding carboxylic acids is 8. The van der Waals surface area contributed by atoms with Gasteiger partial charge in [-0.25, -0.2) is 4.79 Å². The molecule has 0 saturated carbocycles. The highest BCUT2D eigenvalue weighted by atomic mass is 16.5. The highest BCUT2D eigenvalue weighted by Gasteiger charge is 2.48. The molecule has 7 unspecified atom stereocenters. The standard InChI is InChI=1S/C50H76N6O11/c1-11-33(4)44(38(65-8)31-42(60)54-28-18-22-37(54)45(66-9)34(5)46(61)51-36(48(63)67-10)30-35-20-14-12-15-21-35)53(7)47(62)43(32(2)3)52-49(64)50(6)26-19-29-56(50)41(59)23-16-13-17-27-55-39(57)24-25-40(55)58/h12,14-15,20-21,24-25,32-34,36-38,43-45H,11,13,16-19,22-23,26-31H2,1-10H3,(H,51,61)(H,52,64)/t33?,34?,36?,37-,38?,43?,44?,45?,50+/m0/s1. The van der Waals surface area contributed by atoms with Gasteiger partial charge in [0.25, 0.3) is 11.8 Å². The number of likely N-dealkylation sites (N-methyl/N-ethyl adjacent to an activating group) is 1. The summed E-state index contributed by atoms with van der Waals surface area (Å²) in [5, 5.41) is 5.88. The minimum absolute atomic E-state index is 0.0578. The van der Waals surface area contributed by atoms with Crippen molar-refractivity contribution in [3.05, 3.63) is 48.0 Å². The average molecular weight is 937 g/mol. The zero-order chi connectivity index (χ0) is 49.6. The van der Waals surface area contributed by atoms with E-state index >= 15 is 0 Å². The van der Waals surface area contributed by atoms with Crippen LogP contribution in [0.1, 0.15) is 111 Å². The number of nitrogens with zero attached hydrogens (tertiary/aromatic N) is 4. The second-order valence-corrected chi connectivity index (χ2v) is 19.0. The summed E-state index contributed by atoms with van der Waals surface area (Å²) in [6, 6.07) is 6.45. The first-order valence-electron chi connectivity index (χ1n) is 24.0. The Hall–Kier alpha value is -5.16. The first-order chi connectivity index (χ1) is 31.8. The summed E-state index contributed by atoms with van der Waals surface area (Å²) in [5.74, 6) is -3.96. The van der Waals surface area contributed by atoms with E-state index < -0.39 is 65.6 Å². The molecule has 3 heterocycles. The fourth-order valence-electron chi connectivity index (χ4n) is 9.93. The van der Waals surface area contributed by atoms with Crippen molar-refractivity contribution in [1.82, 2.24) is 30.2 Å². The summed E-state index contributed by atoms with van der Waals surface area (Å²) in [6.07, 6.45) is 6.21. The first-order valence-corrected chi connectivity index (χ1v) is 24.0. The fourth-order valence-corrected chi connectivity index (χ4v) is 9.93. The van der Waals surface area contributed by atoms with E-state index in [1.807, 2.05) is 58.0 Å². The lowest BCUT2D eigenvalue weighted by Gasteiger charge is -2.41. The molecule has 0 aliphatic carbocycles. The van der Waals surface area contributed by atoms with Gasteiger partial charge in [0.1, 0.15) is 17.6 Å². The van der Waals surface area contributed by atoms with Crippen LogP contribution in [0, 0.1) is 17.8 Å². The van der Waals surface area contributed by atoms with Crippen LogP contribution in [0.25, 0.3) is 0 Å². The third-order valence-electron chi connectivity index (χ3n) is 14.2. The van der Waals surface area contributed by atoms with Gasteiger partial charge in [0.15, 0.2) is 0 Å². The Labute approximate surface area is 397 Å². The van der Waals surface area contributed by atoms with Crippen LogP contribution in [-0.4, -0.2) is 157 Å². The van der Waals surface area contributed by atoms with Crippen LogP contribution in [0.5, 0.6) is 0 Å². The second kappa shape index (κ2) is 25.3. The van der Waals surface area contributed by atoms with Gasteiger partial charge in [-0.3, -0.25) is 38.5 Å². The van der Waals surface area contributed by atoms with Crippen molar-refractivity contribution in [1.29, 1.82) is 0 Å². The average Bonchev–Trinajstić information content (AvgIpc) is 4.05. The zero-order valence-electron chi connectivity index (χ0n) is 41.4. The Balaban J connectivity index is 1.42. The van der Waals surface area contributed by atoms with Crippen molar-refractivity contribution in [3.63, 3.8) is 0 Å². The van der Waals surface area contributed by atoms with Crippen LogP contribution < -0.4 is 10.6 Å². The lowest BCUT2D eigenvalue weighted by molar-refractivity contribution is -0.150. The van der Waals surface area contributed by atoms with Crippen LogP contribution >= 0.6 is 0 Å². The summed E-state index contributed by atoms with van der Waals surface area (Å²) >= 11 is 0. The SMILES string of the molecule is CCC(C)C(C(CC(=O)N1CCC[C@H]1C(OC)C(C)C(=O)NC(Cc1ccccc1)C(=O)OC)OC)N(C)C(=O)C(NC(=O)[C@@]1(C)CCCN1C(=O)CCCCCN1C(=O)C=CC1=O)C(C)C. The Morgan fingerprint density at radius 3 is 2.13 bits per heavy atom. The van der Waals surface area contributed by atoms with E-state index in [2.05, 4.69) is 10.6 Å². The van der Waals surface area contributed by atoms with Gasteiger partial charge in [-0.1, -0.05) is 77.8 Å². The minimum Gasteiger partial charge on any atom is -0.467 e. The molecule has 4 rings (SSSR count). The van der Waals surface area contributed by atoms with E-state index in [-0.39, 0.29) is 67.2 Å². The molecule has 2 saturated heterocycles. The van der Waals surface area contributed by atoms with Crippen LogP contribution in [0.4, 0.5) is 0 Å². The lowest BCUT2D eigenvalue weighted by Crippen LogP contribution is -2.62. The summed E-state index contributed by atoms with van der Waals surface area (Å²) in [4.78, 5) is 113. The number of carbonyl (C=O) groups is 8. The van der Waals surface area contributed by atoms with E-state index in [1.54, 1.807) is 35.6 Å². The number of likely N-dealkylation sites (tertiary alicyclic amines) is 2. The van der Waals surface area contributed by atoms with Gasteiger partial charge in [0, 0.05) is 65.9 Å². The van der Waals surface area contributed by atoms with Crippen molar-refractivity contribution in [2.75, 3.05) is 48.0 Å². The lowest BCUT2D eigenvalue weighted by atomic mass is 9.89. The third-order valence-corrected chi connectivity index (χ3v) is 14.2. The quantitative estimate of drug-likeness (QED) is 0.0821. The third kappa shape index (κ3) is 13.5. The normalized spacial score (nSPS) is 21.4. The number of unbranched alkanes of at least 4 members (excludes halogenated alkanes) is 2. The zero-order valence-corrected chi connectivity index (χ0v) is 41.4. The molecule has 0 bridgehead atoms. The summed E-state index contributed by atoms with van der Waals surface area (Å²) in [7, 11) is 5.98. The van der Waals surface area contributed by atoms with Crippen LogP contribution in [0.2, 0.25) is 0 Å². The maximum absolute atomic E-state index is 14.6. The molecule has 0 spiro atoms. The number of esters is 1. The van der Waals surface area contributed by atoms with Crippen LogP contribution in [0.15, 0.2) is 42.5 Å². The topological polar surface area (TPSA) is 201 Å². The van der Waals surface area contributed by atoms with Crippen LogP contribution in [-0.2, 0) is 59.0 Å². The number of nitrogens with one attached hydrogen (secondary N) is 2. The number of rotatable bonds is 25. The molecule has 7 amide bonds. The maximum atomic E-state index is 14.6. The van der Waals surface area contributed by atoms with E-state index in [1.165, 1.54) is 38.4 Å². The van der Waals surface area contributed by atoms with E-state index in [9.17, 15) is 38.4 Å². The molecule has 3 aliphatic heterocycles. The number of amides is 7. The van der Waals surface area contributed by atoms with Gasteiger partial charge in [-0.2, -0.15) is 0 Å². The van der Waals surface area contributed by atoms with Crippen molar-refractivity contribution in [2.45, 2.75) is 154 Å². The Morgan fingerprint density at radius 2 is 1.54 bits per heavy atom. The molecular formula is C50H76N6O11. The minimum atomic E-state index is -1.17. The molecule has 3 aliphatic rings. The monoisotopic (exact) mass is 937 g/mol. The number of hydrogen-bond acceptors (Lipinski definition) is 11. The molecule has 67 heavy (non-hydrogen) atoms. The molecule has 1 aromatic rings. The molecule has 17 heteroatoms. The molecule has 9 atom stereocenters. The predicted molar refractivity (Wildman–Crippen MR) is 251 cm³/mol. The fraction of sp³-hybridized carbons (Fsp3) is 0.680. The highest BCUT2D eigenvalue weighted by molar-refractivity contribution is 6.12. The molecule has 1 aromatic carbocycles. The van der Waals surface area contributed by atoms with Crippen LogP contribution in [0.3, 0.4) is 0 Å². The Morgan fingerprint density at radius 1 is 0.866 bits per heavy atom. The molecule has 0 aromatic heterocycles. The second-order valence-electron chi connectivity index (χ2n) is 19.0. The summed E-state index contributed by atoms with van der Waals surface area (Å²) in [6.45, 7) is 12.3. The Bertz CT molecular complexity index is 1910. The van der Waals surface area contributed by atoms with Crippen molar-refractivity contribution >= 4 is 47.3 Å². The smallest absolute Gasteiger partial charge is 0.328 e. The number of hydrogen-bond donors (Lipinski definition) is 2. The molecule has 372 valence electrons. The van der Waals surface area contributed by atoms with E-state index in [0.717, 1.165) is 5.56 Å². The number of imide groups is 1. The van der Waals surface area contributed by atoms with Gasteiger partial charge in [0.2, 0.25) is 29.5 Å². The Kier molecular flexibility index (Phi) is 20.5. The van der Waals surface area contributed by atoms with Gasteiger partial charge < -0.3 is 39.5 Å². The largest absolute Gasteiger partial charge is 0.467 e. The first kappa shape index (κ1) is 54.4. The van der Waals surface area contributed by atoms with E-state index in [4.69, 9.17) is 14.2 Å². The van der Waals surface area contributed by atoms with E-state index in [0.29, 0.717) is 64.5 Å². The van der Waals surface area contributed by atoms with Gasteiger partial charge in [-0.15, -0.1) is 0 Å². The van der Waals surface area contributed by atoms with Crippen molar-refractivity contribution in [3.8, 4) is 0 Å². The molecule has 0 radical (unpaired) electrons. The number of ether oxygens (including phenoxy) is 3. The van der Waals surface area contributed by atoms with Crippen molar-refractivity contribution < 1.29 is 52.6 Å². The van der Waals surface area contributed by atoms with Gasteiger partial charge in [-0.05, 0) is 62.8 Å². The molecule has 17 nitrogen and oxygen atoms in total.